The number of nitrogens with zero attached hydrogens (tertiary/aromatic N) is 3. The standard InChI is InChI=1S/C8H13N.C7H12N2.C7H11NO.C7H11NS/c1-8(2,3)7-4-5-9-6-7;2*1-7(2,3)6-4-8-9-5-6;1-7(2,3)6-4-9-5-8-6/h4-6,9H,1-3H3;4-5H,1-3H3,(H,8,9);2*4-5H,1-3H3. The van der Waals surface area contributed by atoms with Crippen molar-refractivity contribution in [1.29, 1.82) is 0 Å². The molecule has 4 aromatic rings. The maximum atomic E-state index is 4.69. The zero-order valence-electron chi connectivity index (χ0n) is 24.4. The zero-order valence-corrected chi connectivity index (χ0v) is 25.2. The summed E-state index contributed by atoms with van der Waals surface area (Å²) in [5, 5.41) is 12.4. The minimum atomic E-state index is 0.167. The minimum absolute atomic E-state index is 0.167. The maximum Gasteiger partial charge on any atom is 0.127 e. The summed E-state index contributed by atoms with van der Waals surface area (Å²) in [6, 6.07) is 2.11. The Labute approximate surface area is 222 Å². The first-order valence-corrected chi connectivity index (χ1v) is 13.3. The van der Waals surface area contributed by atoms with E-state index in [4.69, 9.17) is 4.52 Å². The molecule has 36 heavy (non-hydrogen) atoms. The van der Waals surface area contributed by atoms with Crippen molar-refractivity contribution in [2.45, 2.75) is 105 Å². The molecule has 0 spiro atoms. The Morgan fingerprint density at radius 2 is 1.33 bits per heavy atom. The Kier molecular flexibility index (Phi) is 11.4. The van der Waals surface area contributed by atoms with E-state index in [2.05, 4.69) is 120 Å². The third kappa shape index (κ3) is 11.8. The quantitative estimate of drug-likeness (QED) is 0.247. The SMILES string of the molecule is CC(C)(C)c1cc[nH]c1.CC(C)(C)c1cn[nH]c1.CC(C)(C)c1cnoc1.CC(C)(C)c1cscn1. The largest absolute Gasteiger partial charge is 0.367 e. The van der Waals surface area contributed by atoms with Crippen molar-refractivity contribution in [3.05, 3.63) is 76.6 Å². The van der Waals surface area contributed by atoms with Gasteiger partial charge in [-0.15, -0.1) is 11.3 Å². The van der Waals surface area contributed by atoms with Gasteiger partial charge in [-0.3, -0.25) is 5.10 Å². The average molecular weight is 514 g/mol. The summed E-state index contributed by atoms with van der Waals surface area (Å²) in [7, 11) is 0. The average Bonchev–Trinajstić information content (AvgIpc) is 3.57. The molecule has 0 aliphatic rings. The van der Waals surface area contributed by atoms with Crippen molar-refractivity contribution in [3.63, 3.8) is 0 Å². The van der Waals surface area contributed by atoms with Gasteiger partial charge in [0.1, 0.15) is 6.26 Å². The van der Waals surface area contributed by atoms with Crippen molar-refractivity contribution < 1.29 is 4.52 Å². The van der Waals surface area contributed by atoms with Crippen LogP contribution in [-0.2, 0) is 21.7 Å². The van der Waals surface area contributed by atoms with Crippen LogP contribution in [0, 0.1) is 0 Å². The Hall–Kier alpha value is -2.67. The first kappa shape index (κ1) is 31.4. The van der Waals surface area contributed by atoms with E-state index in [-0.39, 0.29) is 16.2 Å². The molecular weight excluding hydrogens is 466 g/mol. The number of aromatic amines is 2. The van der Waals surface area contributed by atoms with Crippen LogP contribution >= 0.6 is 11.3 Å². The third-order valence-electron chi connectivity index (χ3n) is 5.33. The summed E-state index contributed by atoms with van der Waals surface area (Å²) >= 11 is 1.66. The summed E-state index contributed by atoms with van der Waals surface area (Å²) in [5.41, 5.74) is 7.73. The molecule has 0 unspecified atom stereocenters. The van der Waals surface area contributed by atoms with Gasteiger partial charge in [0, 0.05) is 34.9 Å². The number of thiazole rings is 1. The first-order valence-electron chi connectivity index (χ1n) is 12.3. The molecule has 200 valence electrons. The second kappa shape index (κ2) is 13.0. The summed E-state index contributed by atoms with van der Waals surface area (Å²) in [4.78, 5) is 7.24. The van der Waals surface area contributed by atoms with Gasteiger partial charge in [-0.05, 0) is 33.4 Å². The number of nitrogens with one attached hydrogen (secondary N) is 2. The molecule has 4 aromatic heterocycles. The molecule has 0 saturated carbocycles. The Bertz CT molecular complexity index is 860. The predicted molar refractivity (Wildman–Crippen MR) is 153 cm³/mol. The fourth-order valence-electron chi connectivity index (χ4n) is 2.61. The van der Waals surface area contributed by atoms with Crippen molar-refractivity contribution in [2.24, 2.45) is 0 Å². The number of hydrogen-bond donors (Lipinski definition) is 2. The van der Waals surface area contributed by atoms with E-state index in [0.29, 0.717) is 5.41 Å². The fourth-order valence-corrected chi connectivity index (χ4v) is 3.39. The molecule has 0 aromatic carbocycles. The minimum Gasteiger partial charge on any atom is -0.367 e. The molecule has 0 aliphatic heterocycles. The summed E-state index contributed by atoms with van der Waals surface area (Å²) in [6.45, 7) is 26.0. The van der Waals surface area contributed by atoms with Gasteiger partial charge in [0.2, 0.25) is 0 Å². The second-order valence-electron chi connectivity index (χ2n) is 12.9. The molecule has 0 aliphatic carbocycles. The summed E-state index contributed by atoms with van der Waals surface area (Å²) in [6.07, 6.45) is 11.2. The lowest BCUT2D eigenvalue weighted by Gasteiger charge is -2.15. The van der Waals surface area contributed by atoms with Crippen molar-refractivity contribution in [3.8, 4) is 0 Å². The first-order chi connectivity index (χ1) is 16.4. The maximum absolute atomic E-state index is 4.69. The highest BCUT2D eigenvalue weighted by molar-refractivity contribution is 7.07. The van der Waals surface area contributed by atoms with Gasteiger partial charge in [0.15, 0.2) is 0 Å². The molecule has 0 fully saturated rings. The van der Waals surface area contributed by atoms with Crippen LogP contribution in [0.15, 0.2) is 58.7 Å². The van der Waals surface area contributed by atoms with Crippen LogP contribution in [0.25, 0.3) is 0 Å². The highest BCUT2D eigenvalue weighted by Gasteiger charge is 2.16. The fraction of sp³-hybridized carbons (Fsp3) is 0.552. The normalized spacial score (nSPS) is 11.9. The van der Waals surface area contributed by atoms with E-state index in [0.717, 1.165) is 5.56 Å². The summed E-state index contributed by atoms with van der Waals surface area (Å²) < 4.78 is 4.69. The van der Waals surface area contributed by atoms with Gasteiger partial charge in [0.05, 0.1) is 23.6 Å². The molecule has 7 heteroatoms. The van der Waals surface area contributed by atoms with Crippen molar-refractivity contribution >= 4 is 11.3 Å². The molecule has 0 amide bonds. The van der Waals surface area contributed by atoms with E-state index in [9.17, 15) is 0 Å². The second-order valence-corrected chi connectivity index (χ2v) is 13.6. The lowest BCUT2D eigenvalue weighted by molar-refractivity contribution is 0.416. The number of rotatable bonds is 0. The molecule has 0 radical (unpaired) electrons. The molecule has 0 saturated heterocycles. The molecule has 0 atom stereocenters. The van der Waals surface area contributed by atoms with Gasteiger partial charge < -0.3 is 9.51 Å². The predicted octanol–water partition coefficient (Wildman–Crippen LogP) is 8.43. The van der Waals surface area contributed by atoms with Crippen LogP contribution in [0.5, 0.6) is 0 Å². The number of H-pyrrole nitrogens is 2. The zero-order chi connectivity index (χ0) is 27.6. The topological polar surface area (TPSA) is 83.4 Å². The lowest BCUT2D eigenvalue weighted by Crippen LogP contribution is -2.10. The van der Waals surface area contributed by atoms with Gasteiger partial charge in [-0.2, -0.15) is 5.10 Å². The van der Waals surface area contributed by atoms with Gasteiger partial charge in [0.25, 0.3) is 0 Å². The van der Waals surface area contributed by atoms with Crippen LogP contribution in [0.3, 0.4) is 0 Å². The third-order valence-corrected chi connectivity index (χ3v) is 5.91. The highest BCUT2D eigenvalue weighted by atomic mass is 32.1. The van der Waals surface area contributed by atoms with Crippen LogP contribution in [-0.4, -0.2) is 25.3 Å². The Morgan fingerprint density at radius 1 is 0.722 bits per heavy atom. The van der Waals surface area contributed by atoms with E-state index in [1.807, 2.05) is 30.3 Å². The van der Waals surface area contributed by atoms with E-state index < -0.39 is 0 Å². The van der Waals surface area contributed by atoms with Gasteiger partial charge in [-0.25, -0.2) is 4.98 Å². The van der Waals surface area contributed by atoms with E-state index in [1.165, 1.54) is 16.8 Å². The molecule has 4 rings (SSSR count). The van der Waals surface area contributed by atoms with Gasteiger partial charge in [-0.1, -0.05) is 88.2 Å². The van der Waals surface area contributed by atoms with Crippen LogP contribution in [0.4, 0.5) is 0 Å². The number of hydrogen-bond acceptors (Lipinski definition) is 5. The van der Waals surface area contributed by atoms with Crippen molar-refractivity contribution in [2.75, 3.05) is 0 Å². The van der Waals surface area contributed by atoms with E-state index in [1.54, 1.807) is 23.8 Å². The molecule has 4 heterocycles. The van der Waals surface area contributed by atoms with Crippen molar-refractivity contribution in [1.82, 2.24) is 25.3 Å². The van der Waals surface area contributed by atoms with Gasteiger partial charge >= 0.3 is 0 Å². The Balaban J connectivity index is 0.000000240. The van der Waals surface area contributed by atoms with E-state index >= 15 is 0 Å². The smallest absolute Gasteiger partial charge is 0.127 e. The number of aromatic nitrogens is 5. The van der Waals surface area contributed by atoms with Crippen LogP contribution in [0.2, 0.25) is 0 Å². The Morgan fingerprint density at radius 3 is 1.56 bits per heavy atom. The highest BCUT2D eigenvalue weighted by Crippen LogP contribution is 2.22. The molecule has 6 nitrogen and oxygen atoms in total. The van der Waals surface area contributed by atoms with Crippen LogP contribution in [0.1, 0.15) is 105 Å². The van der Waals surface area contributed by atoms with Crippen LogP contribution < -0.4 is 0 Å². The molecule has 0 bridgehead atoms. The molecular formula is C29H47N5OS. The summed E-state index contributed by atoms with van der Waals surface area (Å²) in [5.74, 6) is 0. The monoisotopic (exact) mass is 513 g/mol. The lowest BCUT2D eigenvalue weighted by atomic mass is 9.89. The molecule has 2 N–H and O–H groups in total.